The molecule has 7 heteroatoms. The van der Waals surface area contributed by atoms with E-state index in [1.54, 1.807) is 0 Å². The Bertz CT molecular complexity index is 1130. The Balaban J connectivity index is 1.42. The molecule has 1 aromatic heterocycles. The summed E-state index contributed by atoms with van der Waals surface area (Å²) in [4.78, 5) is 39.8. The Kier molecular flexibility index (Phi) is 5.03. The molecule has 1 aliphatic rings. The van der Waals surface area contributed by atoms with Crippen LogP contribution >= 0.6 is 0 Å². The van der Waals surface area contributed by atoms with E-state index in [0.29, 0.717) is 5.92 Å². The Hall–Kier alpha value is -3.61. The monoisotopic (exact) mass is 390 g/mol. The van der Waals surface area contributed by atoms with Gasteiger partial charge in [0.15, 0.2) is 0 Å². The predicted octanol–water partition coefficient (Wildman–Crippen LogP) is 2.38. The fraction of sp³-hybridized carbons (Fsp3) is 0.227. The molecular weight excluding hydrogens is 368 g/mol. The highest BCUT2D eigenvalue weighted by molar-refractivity contribution is 5.97. The quantitative estimate of drug-likeness (QED) is 0.546. The molecule has 1 amide bonds. The van der Waals surface area contributed by atoms with E-state index in [2.05, 4.69) is 46.7 Å². The van der Waals surface area contributed by atoms with Gasteiger partial charge in [-0.05, 0) is 41.9 Å². The molecule has 0 spiro atoms. The predicted molar refractivity (Wildman–Crippen MR) is 112 cm³/mol. The van der Waals surface area contributed by atoms with Gasteiger partial charge in [-0.25, -0.2) is 4.79 Å². The maximum atomic E-state index is 12.5. The first-order valence-corrected chi connectivity index (χ1v) is 9.59. The zero-order valence-electron chi connectivity index (χ0n) is 15.8. The number of amides is 1. The average Bonchev–Trinajstić information content (AvgIpc) is 3.20. The maximum absolute atomic E-state index is 12.5. The van der Waals surface area contributed by atoms with Crippen molar-refractivity contribution >= 4 is 11.6 Å². The molecule has 1 aliphatic carbocycles. The number of aromatic amines is 2. The molecule has 4 rings (SSSR count). The van der Waals surface area contributed by atoms with Crippen LogP contribution in [0.25, 0.3) is 11.1 Å². The second kappa shape index (κ2) is 7.79. The summed E-state index contributed by atoms with van der Waals surface area (Å²) in [7, 11) is 0. The van der Waals surface area contributed by atoms with Gasteiger partial charge in [-0.1, -0.05) is 54.6 Å². The number of nitrogens with one attached hydrogen (secondary N) is 3. The van der Waals surface area contributed by atoms with E-state index in [-0.39, 0.29) is 17.4 Å². The number of nitrogens with two attached hydrogens (primary N) is 1. The first-order valence-electron chi connectivity index (χ1n) is 9.59. The van der Waals surface area contributed by atoms with Gasteiger partial charge in [-0.3, -0.25) is 14.6 Å². The molecule has 0 aliphatic heterocycles. The van der Waals surface area contributed by atoms with Crippen molar-refractivity contribution in [2.45, 2.75) is 31.2 Å². The molecule has 1 fully saturated rings. The van der Waals surface area contributed by atoms with Gasteiger partial charge in [-0.15, -0.1) is 0 Å². The molecule has 0 unspecified atom stereocenters. The van der Waals surface area contributed by atoms with Crippen LogP contribution in [0, 0.1) is 0 Å². The van der Waals surface area contributed by atoms with E-state index in [9.17, 15) is 14.4 Å². The van der Waals surface area contributed by atoms with Gasteiger partial charge in [0.25, 0.3) is 11.5 Å². The zero-order chi connectivity index (χ0) is 20.4. The molecule has 148 valence electrons. The maximum Gasteiger partial charge on any atom is 0.326 e. The lowest BCUT2D eigenvalue weighted by Gasteiger charge is -2.14. The number of carbonyl (C=O) groups is 1. The normalized spacial score (nSPS) is 18.5. The third-order valence-electron chi connectivity index (χ3n) is 5.46. The molecule has 29 heavy (non-hydrogen) atoms. The molecule has 2 aromatic carbocycles. The number of aromatic nitrogens is 2. The summed E-state index contributed by atoms with van der Waals surface area (Å²) in [5.41, 5.74) is 7.24. The minimum atomic E-state index is -0.762. The Morgan fingerprint density at radius 1 is 0.931 bits per heavy atom. The number of rotatable bonds is 4. The molecular formula is C22H22N4O3. The van der Waals surface area contributed by atoms with E-state index in [0.717, 1.165) is 19.3 Å². The number of carbonyl (C=O) groups excluding carboxylic acids is 1. The topological polar surface area (TPSA) is 121 Å². The summed E-state index contributed by atoms with van der Waals surface area (Å²) in [6, 6.07) is 18.7. The summed E-state index contributed by atoms with van der Waals surface area (Å²) in [6.45, 7) is 0. The summed E-state index contributed by atoms with van der Waals surface area (Å²) >= 11 is 0. The van der Waals surface area contributed by atoms with Crippen molar-refractivity contribution in [3.8, 4) is 11.1 Å². The lowest BCUT2D eigenvalue weighted by Crippen LogP contribution is -2.37. The molecule has 0 bridgehead atoms. The van der Waals surface area contributed by atoms with Gasteiger partial charge in [0.2, 0.25) is 0 Å². The minimum Gasteiger partial charge on any atom is -0.392 e. The van der Waals surface area contributed by atoms with E-state index in [1.165, 1.54) is 16.7 Å². The first kappa shape index (κ1) is 18.7. The summed E-state index contributed by atoms with van der Waals surface area (Å²) in [5, 5.41) is 2.89. The molecule has 0 radical (unpaired) electrons. The highest BCUT2D eigenvalue weighted by Crippen LogP contribution is 2.35. The Morgan fingerprint density at radius 2 is 1.62 bits per heavy atom. The second-order valence-corrected chi connectivity index (χ2v) is 7.37. The van der Waals surface area contributed by atoms with Crippen LogP contribution in [0.3, 0.4) is 0 Å². The van der Waals surface area contributed by atoms with Gasteiger partial charge in [0.1, 0.15) is 11.4 Å². The summed E-state index contributed by atoms with van der Waals surface area (Å²) in [6.07, 6.45) is 2.57. The number of H-pyrrole nitrogens is 2. The summed E-state index contributed by atoms with van der Waals surface area (Å²) < 4.78 is 0. The van der Waals surface area contributed by atoms with Crippen molar-refractivity contribution in [2.24, 2.45) is 0 Å². The second-order valence-electron chi connectivity index (χ2n) is 7.37. The Labute approximate surface area is 167 Å². The van der Waals surface area contributed by atoms with E-state index >= 15 is 0 Å². The average molecular weight is 390 g/mol. The van der Waals surface area contributed by atoms with Crippen LogP contribution in [0.2, 0.25) is 0 Å². The first-order chi connectivity index (χ1) is 14.0. The third kappa shape index (κ3) is 3.99. The zero-order valence-corrected chi connectivity index (χ0v) is 15.8. The molecule has 5 N–H and O–H groups in total. The van der Waals surface area contributed by atoms with Gasteiger partial charge in [0.05, 0.1) is 0 Å². The van der Waals surface area contributed by atoms with Gasteiger partial charge < -0.3 is 16.0 Å². The molecule has 3 aromatic rings. The van der Waals surface area contributed by atoms with Crippen LogP contribution in [-0.4, -0.2) is 21.9 Å². The van der Waals surface area contributed by atoms with Crippen LogP contribution in [0.15, 0.2) is 64.2 Å². The van der Waals surface area contributed by atoms with E-state index in [4.69, 9.17) is 5.73 Å². The van der Waals surface area contributed by atoms with Crippen molar-refractivity contribution in [3.63, 3.8) is 0 Å². The fourth-order valence-electron chi connectivity index (χ4n) is 3.93. The fourth-order valence-corrected chi connectivity index (χ4v) is 3.93. The van der Waals surface area contributed by atoms with Crippen LogP contribution < -0.4 is 22.3 Å². The van der Waals surface area contributed by atoms with Crippen LogP contribution in [-0.2, 0) is 0 Å². The van der Waals surface area contributed by atoms with Gasteiger partial charge in [0, 0.05) is 6.04 Å². The molecule has 1 saturated carbocycles. The smallest absolute Gasteiger partial charge is 0.326 e. The van der Waals surface area contributed by atoms with Crippen molar-refractivity contribution in [1.82, 2.24) is 15.3 Å². The number of benzene rings is 2. The molecule has 1 heterocycles. The van der Waals surface area contributed by atoms with Crippen LogP contribution in [0.1, 0.15) is 41.2 Å². The molecule has 0 saturated heterocycles. The number of anilines is 1. The third-order valence-corrected chi connectivity index (χ3v) is 5.46. The van der Waals surface area contributed by atoms with Gasteiger partial charge in [-0.2, -0.15) is 0 Å². The number of hydrogen-bond acceptors (Lipinski definition) is 4. The van der Waals surface area contributed by atoms with Crippen molar-refractivity contribution < 1.29 is 4.79 Å². The van der Waals surface area contributed by atoms with E-state index < -0.39 is 17.2 Å². The minimum absolute atomic E-state index is 0.0384. The van der Waals surface area contributed by atoms with Crippen molar-refractivity contribution in [1.29, 1.82) is 0 Å². The highest BCUT2D eigenvalue weighted by Gasteiger charge is 2.28. The Morgan fingerprint density at radius 3 is 2.34 bits per heavy atom. The van der Waals surface area contributed by atoms with Crippen LogP contribution in [0.4, 0.5) is 5.69 Å². The lowest BCUT2D eigenvalue weighted by molar-refractivity contribution is 0.0933. The van der Waals surface area contributed by atoms with Gasteiger partial charge >= 0.3 is 5.69 Å². The number of nitrogen functional groups attached to an aromatic ring is 1. The van der Waals surface area contributed by atoms with Crippen molar-refractivity contribution in [3.05, 3.63) is 86.7 Å². The van der Waals surface area contributed by atoms with Crippen molar-refractivity contribution in [2.75, 3.05) is 5.73 Å². The summed E-state index contributed by atoms with van der Waals surface area (Å²) in [5.74, 6) is -0.184. The largest absolute Gasteiger partial charge is 0.392 e. The van der Waals surface area contributed by atoms with E-state index in [1.807, 2.05) is 23.2 Å². The SMILES string of the molecule is Nc1c(C(=O)N[C@H]2CC[C@@H](c3ccc(-c4ccccc4)cc3)C2)[nH]c(=O)[nH]c1=O. The molecule has 7 nitrogen and oxygen atoms in total. The number of hydrogen-bond donors (Lipinski definition) is 4. The lowest BCUT2D eigenvalue weighted by atomic mass is 9.95. The van der Waals surface area contributed by atoms with Crippen LogP contribution in [0.5, 0.6) is 0 Å². The standard InChI is InChI=1S/C22H22N4O3/c23-18-19(25-22(29)26-20(18)27)21(28)24-17-11-10-16(12-17)15-8-6-14(7-9-15)13-4-2-1-3-5-13/h1-9,16-17H,10-12,23H2,(H,24,28)(H2,25,26,27,29)/t16-,17+/m1/s1. The molecule has 2 atom stereocenters. The highest BCUT2D eigenvalue weighted by atomic mass is 16.2.